The summed E-state index contributed by atoms with van der Waals surface area (Å²) in [6.45, 7) is 15.2. The molecule has 0 radical (unpaired) electrons. The van der Waals surface area contributed by atoms with Gasteiger partial charge in [-0.1, -0.05) is 6.07 Å². The van der Waals surface area contributed by atoms with Gasteiger partial charge in [-0.25, -0.2) is 0 Å². The number of carbonyl (C=O) groups is 1. The smallest absolute Gasteiger partial charge is 0.226 e. The molecule has 2 atom stereocenters. The Morgan fingerprint density at radius 2 is 2.00 bits per heavy atom. The Kier molecular flexibility index (Phi) is 8.67. The summed E-state index contributed by atoms with van der Waals surface area (Å²) in [5.41, 5.74) is 6.43. The van der Waals surface area contributed by atoms with E-state index in [0.717, 1.165) is 70.9 Å². The molecular weight excluding hydrogens is 404 g/mol. The Labute approximate surface area is 193 Å². The molecule has 2 fully saturated rings. The molecule has 3 rings (SSSR count). The second kappa shape index (κ2) is 11.1. The number of nitrogens with zero attached hydrogens (tertiary/aromatic N) is 3. The van der Waals surface area contributed by atoms with Crippen LogP contribution in [0.15, 0.2) is 24.4 Å². The van der Waals surface area contributed by atoms with Crippen LogP contribution in [0.25, 0.3) is 0 Å². The number of amides is 1. The summed E-state index contributed by atoms with van der Waals surface area (Å²) in [4.78, 5) is 21.9. The van der Waals surface area contributed by atoms with Crippen molar-refractivity contribution in [1.82, 2.24) is 14.8 Å². The molecule has 180 valence electrons. The molecule has 2 aliphatic heterocycles. The molecule has 0 bridgehead atoms. The second-order valence-electron chi connectivity index (χ2n) is 10.3. The zero-order valence-electron chi connectivity index (χ0n) is 20.4. The Morgan fingerprint density at radius 3 is 2.59 bits per heavy atom. The number of piperazine rings is 1. The van der Waals surface area contributed by atoms with E-state index in [1.165, 1.54) is 0 Å². The summed E-state index contributed by atoms with van der Waals surface area (Å²) >= 11 is 0. The van der Waals surface area contributed by atoms with Crippen LogP contribution in [-0.4, -0.2) is 83.9 Å². The fourth-order valence-corrected chi connectivity index (χ4v) is 5.38. The zero-order valence-corrected chi connectivity index (χ0v) is 20.4. The largest absolute Gasteiger partial charge is 0.377 e. The molecule has 0 aliphatic carbocycles. The van der Waals surface area contributed by atoms with Crippen molar-refractivity contribution in [3.63, 3.8) is 0 Å². The molecular formula is C25H42N4O3. The van der Waals surface area contributed by atoms with Crippen molar-refractivity contribution in [2.75, 3.05) is 45.9 Å². The first-order chi connectivity index (χ1) is 15.2. The highest BCUT2D eigenvalue weighted by Gasteiger charge is 2.45. The van der Waals surface area contributed by atoms with Crippen LogP contribution in [0.4, 0.5) is 0 Å². The van der Waals surface area contributed by atoms with Gasteiger partial charge in [-0.3, -0.25) is 19.6 Å². The number of carbonyl (C=O) groups excluding carboxylic acids is 1. The van der Waals surface area contributed by atoms with Crippen LogP contribution in [0.5, 0.6) is 0 Å². The number of hydrogen-bond donors (Lipinski definition) is 1. The monoisotopic (exact) mass is 446 g/mol. The third-order valence-electron chi connectivity index (χ3n) is 7.00. The van der Waals surface area contributed by atoms with Gasteiger partial charge >= 0.3 is 0 Å². The standard InChI is InChI=1S/C25H42N4O3/c1-20(2)31-18-16-28-12-14-29(15-13-28)25(10-17-32-24(3,4)19-25)9-8-21(23(26)30)22-7-5-6-11-27-22/h5-7,11,20-21H,8-10,12-19H2,1-4H3,(H2,26,30). The predicted octanol–water partition coefficient (Wildman–Crippen LogP) is 2.80. The van der Waals surface area contributed by atoms with Crippen LogP contribution in [0.3, 0.4) is 0 Å². The molecule has 2 saturated heterocycles. The van der Waals surface area contributed by atoms with Gasteiger partial charge in [0, 0.05) is 51.1 Å². The van der Waals surface area contributed by atoms with Crippen LogP contribution >= 0.6 is 0 Å². The first kappa shape index (κ1) is 25.1. The van der Waals surface area contributed by atoms with Crippen molar-refractivity contribution in [3.05, 3.63) is 30.1 Å². The highest BCUT2D eigenvalue weighted by molar-refractivity contribution is 5.81. The average molecular weight is 447 g/mol. The van der Waals surface area contributed by atoms with E-state index in [0.29, 0.717) is 6.42 Å². The van der Waals surface area contributed by atoms with Crippen LogP contribution in [0.2, 0.25) is 0 Å². The lowest BCUT2D eigenvalue weighted by atomic mass is 9.75. The number of aromatic nitrogens is 1. The average Bonchev–Trinajstić information content (AvgIpc) is 2.74. The van der Waals surface area contributed by atoms with Crippen molar-refractivity contribution in [2.45, 2.75) is 76.5 Å². The molecule has 7 nitrogen and oxygen atoms in total. The Morgan fingerprint density at radius 1 is 1.25 bits per heavy atom. The van der Waals surface area contributed by atoms with Crippen molar-refractivity contribution in [2.24, 2.45) is 5.73 Å². The molecule has 3 heterocycles. The van der Waals surface area contributed by atoms with Gasteiger partial charge in [0.2, 0.25) is 5.91 Å². The molecule has 2 unspecified atom stereocenters. The molecule has 0 spiro atoms. The van der Waals surface area contributed by atoms with Gasteiger partial charge in [0.15, 0.2) is 0 Å². The first-order valence-corrected chi connectivity index (χ1v) is 12.1. The molecule has 2 N–H and O–H groups in total. The minimum atomic E-state index is -0.353. The maximum absolute atomic E-state index is 12.3. The van der Waals surface area contributed by atoms with Crippen molar-refractivity contribution in [1.29, 1.82) is 0 Å². The van der Waals surface area contributed by atoms with E-state index in [9.17, 15) is 4.79 Å². The van der Waals surface area contributed by atoms with E-state index >= 15 is 0 Å². The lowest BCUT2D eigenvalue weighted by Gasteiger charge is -2.54. The number of primary amides is 1. The summed E-state index contributed by atoms with van der Waals surface area (Å²) in [6, 6.07) is 5.71. The fraction of sp³-hybridized carbons (Fsp3) is 0.760. The number of nitrogens with two attached hydrogens (primary N) is 1. The van der Waals surface area contributed by atoms with E-state index in [1.54, 1.807) is 6.20 Å². The van der Waals surface area contributed by atoms with Crippen molar-refractivity contribution >= 4 is 5.91 Å². The first-order valence-electron chi connectivity index (χ1n) is 12.1. The maximum Gasteiger partial charge on any atom is 0.226 e. The molecule has 7 heteroatoms. The minimum Gasteiger partial charge on any atom is -0.377 e. The quantitative estimate of drug-likeness (QED) is 0.595. The third kappa shape index (κ3) is 6.73. The van der Waals surface area contributed by atoms with E-state index in [4.69, 9.17) is 15.2 Å². The second-order valence-corrected chi connectivity index (χ2v) is 10.3. The van der Waals surface area contributed by atoms with Gasteiger partial charge in [-0.2, -0.15) is 0 Å². The highest BCUT2D eigenvalue weighted by Crippen LogP contribution is 2.41. The number of pyridine rings is 1. The van der Waals surface area contributed by atoms with Gasteiger partial charge in [0.1, 0.15) is 0 Å². The summed E-state index contributed by atoms with van der Waals surface area (Å²) in [5, 5.41) is 0. The van der Waals surface area contributed by atoms with Crippen LogP contribution < -0.4 is 5.73 Å². The number of ether oxygens (including phenoxy) is 2. The van der Waals surface area contributed by atoms with Gasteiger partial charge in [-0.05, 0) is 65.5 Å². The molecule has 1 aromatic rings. The molecule has 32 heavy (non-hydrogen) atoms. The molecule has 0 saturated carbocycles. The topological polar surface area (TPSA) is 80.9 Å². The van der Waals surface area contributed by atoms with Gasteiger partial charge in [-0.15, -0.1) is 0 Å². The van der Waals surface area contributed by atoms with Crippen molar-refractivity contribution in [3.8, 4) is 0 Å². The predicted molar refractivity (Wildman–Crippen MR) is 127 cm³/mol. The van der Waals surface area contributed by atoms with Gasteiger partial charge < -0.3 is 15.2 Å². The van der Waals surface area contributed by atoms with E-state index < -0.39 is 0 Å². The molecule has 0 aromatic carbocycles. The Hall–Kier alpha value is -1.54. The molecule has 1 aromatic heterocycles. The normalized spacial score (nSPS) is 25.7. The summed E-state index contributed by atoms with van der Waals surface area (Å²) < 4.78 is 11.8. The minimum absolute atomic E-state index is 0.0186. The summed E-state index contributed by atoms with van der Waals surface area (Å²) in [6.07, 6.45) is 5.60. The van der Waals surface area contributed by atoms with Gasteiger partial charge in [0.25, 0.3) is 0 Å². The fourth-order valence-electron chi connectivity index (χ4n) is 5.38. The maximum atomic E-state index is 12.3. The Bertz CT molecular complexity index is 719. The van der Waals surface area contributed by atoms with Gasteiger partial charge in [0.05, 0.1) is 29.9 Å². The molecule has 2 aliphatic rings. The summed E-state index contributed by atoms with van der Waals surface area (Å²) in [7, 11) is 0. The zero-order chi connectivity index (χ0) is 23.2. The number of rotatable bonds is 10. The highest BCUT2D eigenvalue weighted by atomic mass is 16.5. The van der Waals surface area contributed by atoms with Crippen LogP contribution in [0.1, 0.15) is 65.0 Å². The van der Waals surface area contributed by atoms with Crippen LogP contribution in [0, 0.1) is 0 Å². The SMILES string of the molecule is CC(C)OCCN1CCN(C2(CCC(C(N)=O)c3ccccn3)CCOC(C)(C)C2)CC1. The van der Waals surface area contributed by atoms with Crippen LogP contribution in [-0.2, 0) is 14.3 Å². The van der Waals surface area contributed by atoms with Crippen molar-refractivity contribution < 1.29 is 14.3 Å². The summed E-state index contributed by atoms with van der Waals surface area (Å²) in [5.74, 6) is -0.645. The molecule has 1 amide bonds. The van der Waals surface area contributed by atoms with E-state index in [1.807, 2.05) is 18.2 Å². The lowest BCUT2D eigenvalue weighted by Crippen LogP contribution is -2.61. The number of hydrogen-bond acceptors (Lipinski definition) is 6. The lowest BCUT2D eigenvalue weighted by molar-refractivity contribution is -0.132. The van der Waals surface area contributed by atoms with E-state index in [-0.39, 0.29) is 29.1 Å². The van der Waals surface area contributed by atoms with E-state index in [2.05, 4.69) is 42.5 Å². The third-order valence-corrected chi connectivity index (χ3v) is 7.00. The Balaban J connectivity index is 1.68.